The highest BCUT2D eigenvalue weighted by molar-refractivity contribution is 5.88. The fourth-order valence-corrected chi connectivity index (χ4v) is 4.88. The Kier molecular flexibility index (Phi) is 5.23. The number of piperidine rings is 2. The summed E-state index contributed by atoms with van der Waals surface area (Å²) in [5, 5.41) is 3.01. The molecule has 7 nitrogen and oxygen atoms in total. The molecule has 3 aliphatic heterocycles. The fourth-order valence-electron chi connectivity index (χ4n) is 4.88. The first kappa shape index (κ1) is 18.5. The molecule has 0 aliphatic carbocycles. The zero-order valence-electron chi connectivity index (χ0n) is 16.2. The van der Waals surface area contributed by atoms with Gasteiger partial charge in [0, 0.05) is 32.7 Å². The van der Waals surface area contributed by atoms with E-state index in [4.69, 9.17) is 4.42 Å². The van der Waals surface area contributed by atoms with Gasteiger partial charge in [-0.15, -0.1) is 0 Å². The molecule has 1 spiro atoms. The molecule has 2 amide bonds. The highest BCUT2D eigenvalue weighted by atomic mass is 16.3. The quantitative estimate of drug-likeness (QED) is 0.852. The Morgan fingerprint density at radius 1 is 1.30 bits per heavy atom. The average molecular weight is 374 g/mol. The van der Waals surface area contributed by atoms with Crippen molar-refractivity contribution in [3.8, 4) is 0 Å². The van der Waals surface area contributed by atoms with Gasteiger partial charge in [-0.05, 0) is 51.4 Å². The summed E-state index contributed by atoms with van der Waals surface area (Å²) in [4.78, 5) is 32.1. The maximum absolute atomic E-state index is 13.1. The van der Waals surface area contributed by atoms with Gasteiger partial charge < -0.3 is 14.6 Å². The number of likely N-dealkylation sites (tertiary alicyclic amines) is 2. The van der Waals surface area contributed by atoms with Crippen molar-refractivity contribution >= 4 is 11.8 Å². The van der Waals surface area contributed by atoms with E-state index in [0.29, 0.717) is 19.6 Å². The van der Waals surface area contributed by atoms with E-state index in [2.05, 4.69) is 15.1 Å². The van der Waals surface area contributed by atoms with Crippen LogP contribution < -0.4 is 5.32 Å². The number of rotatable bonds is 3. The molecule has 1 N–H and O–H groups in total. The lowest BCUT2D eigenvalue weighted by Gasteiger charge is -2.49. The molecule has 3 aliphatic rings. The van der Waals surface area contributed by atoms with Crippen molar-refractivity contribution in [2.45, 2.75) is 37.8 Å². The molecule has 0 radical (unpaired) electrons. The zero-order valence-corrected chi connectivity index (χ0v) is 16.2. The summed E-state index contributed by atoms with van der Waals surface area (Å²) in [6, 6.07) is 3.89. The number of nitrogens with one attached hydrogen (secondary N) is 1. The van der Waals surface area contributed by atoms with Gasteiger partial charge in [-0.3, -0.25) is 19.4 Å². The second-order valence-corrected chi connectivity index (χ2v) is 8.19. The van der Waals surface area contributed by atoms with Crippen molar-refractivity contribution in [3.63, 3.8) is 0 Å². The summed E-state index contributed by atoms with van der Waals surface area (Å²) in [6.07, 6.45) is 5.15. The van der Waals surface area contributed by atoms with Gasteiger partial charge >= 0.3 is 0 Å². The Bertz CT molecular complexity index is 667. The van der Waals surface area contributed by atoms with Crippen LogP contribution in [-0.2, 0) is 16.1 Å². The number of likely N-dealkylation sites (N-methyl/N-ethyl adjacent to an activating group) is 1. The molecule has 0 unspecified atom stereocenters. The van der Waals surface area contributed by atoms with E-state index in [0.717, 1.165) is 57.6 Å². The molecule has 1 aromatic rings. The van der Waals surface area contributed by atoms with Crippen LogP contribution in [-0.4, -0.2) is 78.4 Å². The Balaban J connectivity index is 1.34. The molecule has 0 bridgehead atoms. The van der Waals surface area contributed by atoms with Crippen molar-refractivity contribution in [1.82, 2.24) is 20.0 Å². The third kappa shape index (κ3) is 3.62. The van der Waals surface area contributed by atoms with E-state index in [1.165, 1.54) is 0 Å². The molecule has 7 heteroatoms. The lowest BCUT2D eigenvalue weighted by atomic mass is 9.83. The van der Waals surface area contributed by atoms with E-state index in [9.17, 15) is 9.59 Å². The van der Waals surface area contributed by atoms with Gasteiger partial charge in [-0.2, -0.15) is 0 Å². The Morgan fingerprint density at radius 2 is 2.11 bits per heavy atom. The van der Waals surface area contributed by atoms with Crippen LogP contribution in [0.2, 0.25) is 0 Å². The summed E-state index contributed by atoms with van der Waals surface area (Å²) >= 11 is 0. The van der Waals surface area contributed by atoms with Gasteiger partial charge in [0.25, 0.3) is 0 Å². The minimum atomic E-state index is -0.424. The number of carbonyl (C=O) groups excluding carboxylic acids is 2. The number of amides is 2. The topological polar surface area (TPSA) is 69.0 Å². The number of furan rings is 1. The van der Waals surface area contributed by atoms with Crippen molar-refractivity contribution in [3.05, 3.63) is 24.2 Å². The first-order valence-corrected chi connectivity index (χ1v) is 10.1. The Morgan fingerprint density at radius 3 is 2.81 bits per heavy atom. The highest BCUT2D eigenvalue weighted by Crippen LogP contribution is 2.31. The van der Waals surface area contributed by atoms with Gasteiger partial charge in [0.1, 0.15) is 11.3 Å². The maximum atomic E-state index is 13.1. The van der Waals surface area contributed by atoms with Gasteiger partial charge in [0.2, 0.25) is 11.8 Å². The number of piperazine rings is 1. The zero-order chi connectivity index (χ0) is 18.9. The van der Waals surface area contributed by atoms with E-state index in [1.807, 2.05) is 24.1 Å². The lowest BCUT2D eigenvalue weighted by molar-refractivity contribution is -0.147. The third-order valence-corrected chi connectivity index (χ3v) is 6.60. The first-order valence-electron chi connectivity index (χ1n) is 10.1. The molecule has 0 saturated carbocycles. The second-order valence-electron chi connectivity index (χ2n) is 8.19. The minimum absolute atomic E-state index is 0.0562. The van der Waals surface area contributed by atoms with Crippen LogP contribution in [0.4, 0.5) is 0 Å². The first-order chi connectivity index (χ1) is 13.1. The largest absolute Gasteiger partial charge is 0.468 e. The van der Waals surface area contributed by atoms with Crippen LogP contribution >= 0.6 is 0 Å². The SMILES string of the molecule is CN1CCNC(=O)C12CCN(C(=O)[C@@H]1CCCN(Cc3ccco3)C1)CC2. The molecule has 4 heterocycles. The molecular formula is C20H30N4O3. The predicted molar refractivity (Wildman–Crippen MR) is 101 cm³/mol. The number of hydrogen-bond donors (Lipinski definition) is 1. The Hall–Kier alpha value is -1.86. The summed E-state index contributed by atoms with van der Waals surface area (Å²) in [7, 11) is 2.03. The molecular weight excluding hydrogens is 344 g/mol. The number of hydrogen-bond acceptors (Lipinski definition) is 5. The van der Waals surface area contributed by atoms with E-state index in [1.54, 1.807) is 6.26 Å². The monoisotopic (exact) mass is 374 g/mol. The summed E-state index contributed by atoms with van der Waals surface area (Å²) in [5.41, 5.74) is -0.424. The maximum Gasteiger partial charge on any atom is 0.240 e. The second kappa shape index (κ2) is 7.64. The van der Waals surface area contributed by atoms with Crippen molar-refractivity contribution in [1.29, 1.82) is 0 Å². The molecule has 0 aromatic carbocycles. The van der Waals surface area contributed by atoms with Gasteiger partial charge in [-0.25, -0.2) is 0 Å². The summed E-state index contributed by atoms with van der Waals surface area (Å²) < 4.78 is 5.45. The fraction of sp³-hybridized carbons (Fsp3) is 0.700. The molecule has 3 saturated heterocycles. The molecule has 3 fully saturated rings. The van der Waals surface area contributed by atoms with Crippen LogP contribution in [0.15, 0.2) is 22.8 Å². The summed E-state index contributed by atoms with van der Waals surface area (Å²) in [5.74, 6) is 1.40. The van der Waals surface area contributed by atoms with Gasteiger partial charge in [0.15, 0.2) is 0 Å². The van der Waals surface area contributed by atoms with E-state index in [-0.39, 0.29) is 17.7 Å². The normalized spacial score (nSPS) is 26.9. The molecule has 1 aromatic heterocycles. The van der Waals surface area contributed by atoms with Crippen LogP contribution in [0, 0.1) is 5.92 Å². The minimum Gasteiger partial charge on any atom is -0.468 e. The average Bonchev–Trinajstić information content (AvgIpc) is 3.19. The smallest absolute Gasteiger partial charge is 0.240 e. The lowest BCUT2D eigenvalue weighted by Crippen LogP contribution is -2.67. The van der Waals surface area contributed by atoms with Crippen molar-refractivity contribution in [2.24, 2.45) is 5.92 Å². The summed E-state index contributed by atoms with van der Waals surface area (Å²) in [6.45, 7) is 5.51. The van der Waals surface area contributed by atoms with Crippen LogP contribution in [0.5, 0.6) is 0 Å². The molecule has 148 valence electrons. The van der Waals surface area contributed by atoms with Gasteiger partial charge in [0.05, 0.1) is 18.7 Å². The van der Waals surface area contributed by atoms with Gasteiger partial charge in [-0.1, -0.05) is 0 Å². The highest BCUT2D eigenvalue weighted by Gasteiger charge is 2.47. The molecule has 4 rings (SSSR count). The molecule has 1 atom stereocenters. The molecule has 27 heavy (non-hydrogen) atoms. The Labute approximate surface area is 160 Å². The van der Waals surface area contributed by atoms with Crippen LogP contribution in [0.3, 0.4) is 0 Å². The van der Waals surface area contributed by atoms with Crippen molar-refractivity contribution in [2.75, 3.05) is 46.3 Å². The van der Waals surface area contributed by atoms with Crippen LogP contribution in [0.1, 0.15) is 31.4 Å². The number of carbonyl (C=O) groups is 2. The van der Waals surface area contributed by atoms with E-state index >= 15 is 0 Å². The standard InChI is InChI=1S/C20H30N4O3/c1-22-12-8-21-19(26)20(22)6-10-24(11-7-20)18(25)16-4-2-9-23(14-16)15-17-5-3-13-27-17/h3,5,13,16H,2,4,6-12,14-15H2,1H3,(H,21,26)/t16-/m1/s1. The van der Waals surface area contributed by atoms with Crippen molar-refractivity contribution < 1.29 is 14.0 Å². The third-order valence-electron chi connectivity index (χ3n) is 6.60. The predicted octanol–water partition coefficient (Wildman–Crippen LogP) is 0.914. The number of nitrogens with zero attached hydrogens (tertiary/aromatic N) is 3. The van der Waals surface area contributed by atoms with E-state index < -0.39 is 5.54 Å². The van der Waals surface area contributed by atoms with Crippen LogP contribution in [0.25, 0.3) is 0 Å².